The Bertz CT molecular complexity index is 1170. The molecule has 0 unspecified atom stereocenters. The van der Waals surface area contributed by atoms with Crippen LogP contribution in [0.25, 0.3) is 10.8 Å². The number of carbonyl (C=O) groups is 2. The van der Waals surface area contributed by atoms with E-state index >= 15 is 0 Å². The average molecular weight is 406 g/mol. The van der Waals surface area contributed by atoms with E-state index in [1.54, 1.807) is 36.4 Å². The number of ether oxygens (including phenoxy) is 1. The smallest absolute Gasteiger partial charge is 0.275 e. The molecule has 1 saturated heterocycles. The third kappa shape index (κ3) is 4.08. The van der Waals surface area contributed by atoms with Gasteiger partial charge in [-0.05, 0) is 25.1 Å². The van der Waals surface area contributed by atoms with Gasteiger partial charge in [0.2, 0.25) is 5.91 Å². The van der Waals surface area contributed by atoms with Crippen molar-refractivity contribution in [1.82, 2.24) is 9.78 Å². The van der Waals surface area contributed by atoms with Crippen LogP contribution in [0.15, 0.2) is 53.3 Å². The van der Waals surface area contributed by atoms with Crippen LogP contribution in [0.2, 0.25) is 0 Å². The van der Waals surface area contributed by atoms with Crippen LogP contribution in [-0.2, 0) is 16.1 Å². The Morgan fingerprint density at radius 3 is 2.53 bits per heavy atom. The first-order chi connectivity index (χ1) is 14.5. The van der Waals surface area contributed by atoms with Gasteiger partial charge in [0.15, 0.2) is 11.6 Å². The number of Topliss-reactive ketones (excluding diaryl/α,β-unsaturated/α-hetero) is 1. The maximum atomic E-state index is 12.9. The first-order valence-corrected chi connectivity index (χ1v) is 9.76. The Balaban J connectivity index is 1.64. The van der Waals surface area contributed by atoms with E-state index in [0.717, 1.165) is 5.39 Å². The summed E-state index contributed by atoms with van der Waals surface area (Å²) in [6.07, 6.45) is 0. The third-order valence-corrected chi connectivity index (χ3v) is 5.01. The number of fused-ring (bicyclic) bond motifs is 1. The molecule has 3 aromatic rings. The summed E-state index contributed by atoms with van der Waals surface area (Å²) < 4.78 is 6.61. The molecular weight excluding hydrogens is 384 g/mol. The minimum atomic E-state index is -0.395. The largest absolute Gasteiger partial charge is 0.378 e. The second-order valence-corrected chi connectivity index (χ2v) is 7.12. The summed E-state index contributed by atoms with van der Waals surface area (Å²) in [5, 5.41) is 8.52. The lowest BCUT2D eigenvalue weighted by atomic mass is 10.1. The van der Waals surface area contributed by atoms with Crippen LogP contribution < -0.4 is 15.8 Å². The molecule has 1 aliphatic rings. The van der Waals surface area contributed by atoms with Gasteiger partial charge in [-0.3, -0.25) is 14.4 Å². The molecule has 1 amide bonds. The Kier molecular flexibility index (Phi) is 5.58. The first-order valence-electron chi connectivity index (χ1n) is 9.76. The van der Waals surface area contributed by atoms with Gasteiger partial charge in [0, 0.05) is 29.7 Å². The van der Waals surface area contributed by atoms with Crippen molar-refractivity contribution in [3.8, 4) is 0 Å². The SMILES string of the molecule is CC(=O)c1cccc(NC(=O)Cn2nc(N3CCOCC3)c3ccccc3c2=O)c1. The fraction of sp³-hybridized carbons (Fsp3) is 0.273. The first kappa shape index (κ1) is 19.8. The summed E-state index contributed by atoms with van der Waals surface area (Å²) in [5.41, 5.74) is 0.675. The Hall–Kier alpha value is -3.52. The second kappa shape index (κ2) is 8.46. The van der Waals surface area contributed by atoms with E-state index in [0.29, 0.717) is 48.8 Å². The van der Waals surface area contributed by atoms with Crippen molar-refractivity contribution in [3.63, 3.8) is 0 Å². The molecule has 0 atom stereocenters. The van der Waals surface area contributed by atoms with E-state index in [2.05, 4.69) is 15.3 Å². The zero-order valence-corrected chi connectivity index (χ0v) is 16.6. The molecule has 8 nitrogen and oxygen atoms in total. The molecule has 2 aromatic carbocycles. The number of nitrogens with zero attached hydrogens (tertiary/aromatic N) is 3. The van der Waals surface area contributed by atoms with Crippen molar-refractivity contribution in [1.29, 1.82) is 0 Å². The molecule has 30 heavy (non-hydrogen) atoms. The molecule has 1 aliphatic heterocycles. The van der Waals surface area contributed by atoms with Crippen LogP contribution >= 0.6 is 0 Å². The van der Waals surface area contributed by atoms with Crippen molar-refractivity contribution >= 4 is 34.0 Å². The van der Waals surface area contributed by atoms with E-state index in [9.17, 15) is 14.4 Å². The minimum Gasteiger partial charge on any atom is -0.378 e. The number of rotatable bonds is 5. The van der Waals surface area contributed by atoms with Gasteiger partial charge < -0.3 is 15.0 Å². The number of morpholine rings is 1. The molecule has 8 heteroatoms. The van der Waals surface area contributed by atoms with Gasteiger partial charge in [-0.2, -0.15) is 5.10 Å². The summed E-state index contributed by atoms with van der Waals surface area (Å²) in [6, 6.07) is 14.0. The van der Waals surface area contributed by atoms with Gasteiger partial charge in [-0.1, -0.05) is 30.3 Å². The predicted octanol–water partition coefficient (Wildman–Crippen LogP) is 2.07. The highest BCUT2D eigenvalue weighted by Gasteiger charge is 2.19. The number of anilines is 2. The van der Waals surface area contributed by atoms with Gasteiger partial charge in [0.25, 0.3) is 5.56 Å². The maximum absolute atomic E-state index is 12.9. The molecule has 4 rings (SSSR count). The van der Waals surface area contributed by atoms with Crippen LogP contribution in [0.5, 0.6) is 0 Å². The summed E-state index contributed by atoms with van der Waals surface area (Å²) in [5.74, 6) is 0.182. The Morgan fingerprint density at radius 1 is 1.07 bits per heavy atom. The Morgan fingerprint density at radius 2 is 1.80 bits per heavy atom. The number of ketones is 1. The average Bonchev–Trinajstić information content (AvgIpc) is 2.76. The van der Waals surface area contributed by atoms with E-state index in [1.165, 1.54) is 11.6 Å². The maximum Gasteiger partial charge on any atom is 0.275 e. The third-order valence-electron chi connectivity index (χ3n) is 5.01. The van der Waals surface area contributed by atoms with Crippen LogP contribution in [0, 0.1) is 0 Å². The van der Waals surface area contributed by atoms with Gasteiger partial charge in [0.1, 0.15) is 6.54 Å². The van der Waals surface area contributed by atoms with E-state index < -0.39 is 5.91 Å². The highest BCUT2D eigenvalue weighted by atomic mass is 16.5. The van der Waals surface area contributed by atoms with Gasteiger partial charge in [0.05, 0.1) is 18.6 Å². The predicted molar refractivity (Wildman–Crippen MR) is 114 cm³/mol. The number of hydrogen-bond acceptors (Lipinski definition) is 6. The molecular formula is C22H22N4O4. The van der Waals surface area contributed by atoms with Crippen molar-refractivity contribution < 1.29 is 14.3 Å². The van der Waals surface area contributed by atoms with Crippen molar-refractivity contribution in [3.05, 3.63) is 64.4 Å². The zero-order valence-electron chi connectivity index (χ0n) is 16.6. The monoisotopic (exact) mass is 406 g/mol. The van der Waals surface area contributed by atoms with Gasteiger partial charge in [-0.15, -0.1) is 0 Å². The molecule has 0 bridgehead atoms. The molecule has 154 valence electrons. The topological polar surface area (TPSA) is 93.5 Å². The van der Waals surface area contributed by atoms with E-state index in [-0.39, 0.29) is 17.9 Å². The molecule has 1 aromatic heterocycles. The molecule has 0 saturated carbocycles. The number of carbonyl (C=O) groups excluding carboxylic acids is 2. The fourth-order valence-electron chi connectivity index (χ4n) is 3.49. The number of hydrogen-bond donors (Lipinski definition) is 1. The summed E-state index contributed by atoms with van der Waals surface area (Å²) in [7, 11) is 0. The standard InChI is InChI=1S/C22H22N4O4/c1-15(27)16-5-4-6-17(13-16)23-20(28)14-26-22(29)19-8-3-2-7-18(19)21(24-26)25-9-11-30-12-10-25/h2-8,13H,9-12,14H2,1H3,(H,23,28). The van der Waals surface area contributed by atoms with Crippen LogP contribution in [0.4, 0.5) is 11.5 Å². The lowest BCUT2D eigenvalue weighted by Crippen LogP contribution is -2.39. The summed E-state index contributed by atoms with van der Waals surface area (Å²) in [4.78, 5) is 39.2. The van der Waals surface area contributed by atoms with E-state index in [1.807, 2.05) is 12.1 Å². The van der Waals surface area contributed by atoms with Crippen LogP contribution in [0.1, 0.15) is 17.3 Å². The van der Waals surface area contributed by atoms with Gasteiger partial charge in [-0.25, -0.2) is 4.68 Å². The quantitative estimate of drug-likeness (QED) is 0.652. The van der Waals surface area contributed by atoms with E-state index in [4.69, 9.17) is 4.74 Å². The molecule has 0 spiro atoms. The zero-order chi connectivity index (χ0) is 21.1. The lowest BCUT2D eigenvalue weighted by Gasteiger charge is -2.29. The number of aromatic nitrogens is 2. The normalized spacial score (nSPS) is 14.0. The Labute approximate surface area is 173 Å². The molecule has 2 heterocycles. The van der Waals surface area contributed by atoms with Crippen molar-refractivity contribution in [2.45, 2.75) is 13.5 Å². The second-order valence-electron chi connectivity index (χ2n) is 7.12. The minimum absolute atomic E-state index is 0.0892. The van der Waals surface area contributed by atoms with Crippen LogP contribution in [0.3, 0.4) is 0 Å². The molecule has 0 aliphatic carbocycles. The summed E-state index contributed by atoms with van der Waals surface area (Å²) in [6.45, 7) is 3.74. The fourth-order valence-corrected chi connectivity index (χ4v) is 3.49. The van der Waals surface area contributed by atoms with Crippen molar-refractivity contribution in [2.75, 3.05) is 36.5 Å². The van der Waals surface area contributed by atoms with Crippen LogP contribution in [-0.4, -0.2) is 47.8 Å². The molecule has 0 radical (unpaired) electrons. The summed E-state index contributed by atoms with van der Waals surface area (Å²) >= 11 is 0. The number of amides is 1. The van der Waals surface area contributed by atoms with Crippen molar-refractivity contribution in [2.24, 2.45) is 0 Å². The highest BCUT2D eigenvalue weighted by Crippen LogP contribution is 2.22. The molecule has 1 fully saturated rings. The van der Waals surface area contributed by atoms with Gasteiger partial charge >= 0.3 is 0 Å². The number of benzene rings is 2. The highest BCUT2D eigenvalue weighted by molar-refractivity contribution is 5.97. The lowest BCUT2D eigenvalue weighted by molar-refractivity contribution is -0.117. The molecule has 1 N–H and O–H groups in total. The number of nitrogens with one attached hydrogen (secondary N) is 1.